The second kappa shape index (κ2) is 5.02. The van der Waals surface area contributed by atoms with Crippen molar-refractivity contribution in [2.75, 3.05) is 0 Å². The van der Waals surface area contributed by atoms with Crippen LogP contribution in [0, 0.1) is 18.3 Å². The molecule has 4 heteroatoms. The summed E-state index contributed by atoms with van der Waals surface area (Å²) in [5, 5.41) is 9.19. The van der Waals surface area contributed by atoms with Gasteiger partial charge in [-0.1, -0.05) is 24.9 Å². The van der Waals surface area contributed by atoms with Crippen LogP contribution in [0.15, 0.2) is 0 Å². The van der Waals surface area contributed by atoms with Gasteiger partial charge in [-0.25, -0.2) is 4.98 Å². The first-order valence-corrected chi connectivity index (χ1v) is 5.17. The lowest BCUT2D eigenvalue weighted by Crippen LogP contribution is -1.99. The molecule has 0 aliphatic heterocycles. The molecule has 1 aromatic heterocycles. The molecule has 0 unspecified atom stereocenters. The Kier molecular flexibility index (Phi) is 3.97. The number of nitriles is 1. The van der Waals surface area contributed by atoms with Gasteiger partial charge in [0.15, 0.2) is 0 Å². The zero-order valence-electron chi connectivity index (χ0n) is 8.55. The highest BCUT2D eigenvalue weighted by molar-refractivity contribution is 6.30. The highest BCUT2D eigenvalue weighted by atomic mass is 35.5. The first-order chi connectivity index (χ1) is 6.70. The number of hydrogen-bond acceptors (Lipinski definition) is 2. The molecule has 0 amide bonds. The maximum absolute atomic E-state index is 8.49. The maximum atomic E-state index is 8.49. The summed E-state index contributed by atoms with van der Waals surface area (Å²) in [4.78, 5) is 4.37. The molecule has 0 radical (unpaired) electrons. The quantitative estimate of drug-likeness (QED) is 0.769. The van der Waals surface area contributed by atoms with E-state index < -0.39 is 0 Å². The maximum Gasteiger partial charge on any atom is 0.132 e. The topological polar surface area (TPSA) is 41.6 Å². The van der Waals surface area contributed by atoms with Gasteiger partial charge in [0, 0.05) is 6.54 Å². The average Bonchev–Trinajstić information content (AvgIpc) is 2.41. The number of nitrogens with zero attached hydrogens (tertiary/aromatic N) is 3. The van der Waals surface area contributed by atoms with Crippen molar-refractivity contribution < 1.29 is 0 Å². The largest absolute Gasteiger partial charge is 0.318 e. The molecular weight excluding hydrogens is 198 g/mol. The molecular formula is C10H14ClN3. The number of hydrogen-bond donors (Lipinski definition) is 0. The van der Waals surface area contributed by atoms with E-state index in [4.69, 9.17) is 16.9 Å². The number of aryl methyl sites for hydroxylation is 2. The van der Waals surface area contributed by atoms with Crippen LogP contribution in [0.25, 0.3) is 0 Å². The van der Waals surface area contributed by atoms with Crippen LogP contribution in [0.1, 0.15) is 31.3 Å². The zero-order valence-corrected chi connectivity index (χ0v) is 9.30. The summed E-state index contributed by atoms with van der Waals surface area (Å²) in [7, 11) is 0. The Morgan fingerprint density at radius 3 is 2.86 bits per heavy atom. The monoisotopic (exact) mass is 211 g/mol. The van der Waals surface area contributed by atoms with Gasteiger partial charge < -0.3 is 4.57 Å². The lowest BCUT2D eigenvalue weighted by molar-refractivity contribution is 0.690. The fourth-order valence-electron chi connectivity index (χ4n) is 1.42. The van der Waals surface area contributed by atoms with Gasteiger partial charge in [0.05, 0.1) is 18.2 Å². The Bertz CT molecular complexity index is 349. The van der Waals surface area contributed by atoms with E-state index in [-0.39, 0.29) is 0 Å². The minimum Gasteiger partial charge on any atom is -0.318 e. The van der Waals surface area contributed by atoms with Crippen LogP contribution < -0.4 is 0 Å². The molecule has 0 fully saturated rings. The summed E-state index contributed by atoms with van der Waals surface area (Å²) in [5.74, 6) is 0.897. The molecule has 0 spiro atoms. The normalized spacial score (nSPS) is 10.1. The lowest BCUT2D eigenvalue weighted by atomic mass is 10.3. The summed E-state index contributed by atoms with van der Waals surface area (Å²) >= 11 is 6.14. The van der Waals surface area contributed by atoms with Crippen LogP contribution in [-0.4, -0.2) is 9.55 Å². The van der Waals surface area contributed by atoms with Gasteiger partial charge in [-0.3, -0.25) is 0 Å². The molecule has 0 aliphatic rings. The van der Waals surface area contributed by atoms with Gasteiger partial charge in [0.25, 0.3) is 0 Å². The predicted octanol–water partition coefficient (Wildman–Crippen LogP) is 2.71. The van der Waals surface area contributed by atoms with Gasteiger partial charge >= 0.3 is 0 Å². The summed E-state index contributed by atoms with van der Waals surface area (Å²) in [6, 6.07) is 2.10. The molecule has 1 aromatic rings. The van der Waals surface area contributed by atoms with Crippen molar-refractivity contribution in [2.45, 2.75) is 39.7 Å². The van der Waals surface area contributed by atoms with Crippen molar-refractivity contribution >= 4 is 11.6 Å². The van der Waals surface area contributed by atoms with Gasteiger partial charge in [-0.15, -0.1) is 0 Å². The smallest absolute Gasteiger partial charge is 0.132 e. The molecule has 0 aliphatic carbocycles. The fourth-order valence-corrected chi connectivity index (χ4v) is 1.76. The van der Waals surface area contributed by atoms with Crippen molar-refractivity contribution in [3.05, 3.63) is 16.7 Å². The first kappa shape index (κ1) is 11.1. The Balaban J connectivity index is 2.88. The van der Waals surface area contributed by atoms with Crippen LogP contribution in [0.5, 0.6) is 0 Å². The summed E-state index contributed by atoms with van der Waals surface area (Å²) < 4.78 is 1.90. The van der Waals surface area contributed by atoms with E-state index in [1.54, 1.807) is 0 Å². The van der Waals surface area contributed by atoms with E-state index in [0.717, 1.165) is 24.4 Å². The summed E-state index contributed by atoms with van der Waals surface area (Å²) in [6.45, 7) is 4.65. The molecule has 14 heavy (non-hydrogen) atoms. The van der Waals surface area contributed by atoms with Gasteiger partial charge in [0.1, 0.15) is 11.0 Å². The third-order valence-electron chi connectivity index (χ3n) is 2.10. The third kappa shape index (κ3) is 2.27. The van der Waals surface area contributed by atoms with Crippen LogP contribution in [0.2, 0.25) is 5.15 Å². The molecule has 0 saturated carbocycles. The van der Waals surface area contributed by atoms with E-state index in [1.165, 1.54) is 0 Å². The van der Waals surface area contributed by atoms with E-state index in [0.29, 0.717) is 18.1 Å². The average molecular weight is 212 g/mol. The summed E-state index contributed by atoms with van der Waals surface area (Å²) in [5.41, 5.74) is 0.949. The van der Waals surface area contributed by atoms with Crippen molar-refractivity contribution in [1.82, 2.24) is 9.55 Å². The number of aromatic nitrogens is 2. The standard InChI is InChI=1S/C10H14ClN3/c1-3-5-9-10(11)14(7-4-6-12)8(2)13-9/h3-5,7H2,1-2H3. The van der Waals surface area contributed by atoms with Crippen LogP contribution in [0.4, 0.5) is 0 Å². The highest BCUT2D eigenvalue weighted by Crippen LogP contribution is 2.19. The number of imidazole rings is 1. The van der Waals surface area contributed by atoms with Crippen LogP contribution in [0.3, 0.4) is 0 Å². The van der Waals surface area contributed by atoms with Crippen molar-refractivity contribution in [1.29, 1.82) is 5.26 Å². The van der Waals surface area contributed by atoms with Crippen LogP contribution >= 0.6 is 11.6 Å². The fraction of sp³-hybridized carbons (Fsp3) is 0.600. The second-order valence-electron chi connectivity index (χ2n) is 3.21. The molecule has 3 nitrogen and oxygen atoms in total. The van der Waals surface area contributed by atoms with Gasteiger partial charge in [-0.05, 0) is 13.3 Å². The Labute approximate surface area is 89.3 Å². The Morgan fingerprint density at radius 1 is 1.57 bits per heavy atom. The predicted molar refractivity (Wildman–Crippen MR) is 56.2 cm³/mol. The van der Waals surface area contributed by atoms with E-state index >= 15 is 0 Å². The van der Waals surface area contributed by atoms with Gasteiger partial charge in [0.2, 0.25) is 0 Å². The zero-order chi connectivity index (χ0) is 10.6. The first-order valence-electron chi connectivity index (χ1n) is 4.79. The van der Waals surface area contributed by atoms with Gasteiger partial charge in [-0.2, -0.15) is 5.26 Å². The lowest BCUT2D eigenvalue weighted by Gasteiger charge is -2.02. The SMILES string of the molecule is CCCc1nc(C)n(CCC#N)c1Cl. The minimum absolute atomic E-state index is 0.475. The van der Waals surface area contributed by atoms with Crippen molar-refractivity contribution in [3.8, 4) is 6.07 Å². The van der Waals surface area contributed by atoms with Crippen LogP contribution in [-0.2, 0) is 13.0 Å². The third-order valence-corrected chi connectivity index (χ3v) is 2.52. The molecule has 1 rings (SSSR count). The molecule has 0 saturated heterocycles. The van der Waals surface area contributed by atoms with E-state index in [2.05, 4.69) is 18.0 Å². The molecule has 0 bridgehead atoms. The molecule has 0 N–H and O–H groups in total. The highest BCUT2D eigenvalue weighted by Gasteiger charge is 2.10. The Hall–Kier alpha value is -1.01. The summed E-state index contributed by atoms with van der Waals surface area (Å²) in [6.07, 6.45) is 2.41. The molecule has 0 aromatic carbocycles. The minimum atomic E-state index is 0.475. The molecule has 0 atom stereocenters. The molecule has 1 heterocycles. The van der Waals surface area contributed by atoms with E-state index in [1.807, 2.05) is 11.5 Å². The number of rotatable bonds is 4. The van der Waals surface area contributed by atoms with E-state index in [9.17, 15) is 0 Å². The number of halogens is 1. The second-order valence-corrected chi connectivity index (χ2v) is 3.56. The van der Waals surface area contributed by atoms with Crippen molar-refractivity contribution in [3.63, 3.8) is 0 Å². The Morgan fingerprint density at radius 2 is 2.29 bits per heavy atom. The van der Waals surface area contributed by atoms with Crippen molar-refractivity contribution in [2.24, 2.45) is 0 Å². The molecule has 76 valence electrons.